The van der Waals surface area contributed by atoms with Crippen molar-refractivity contribution < 1.29 is 4.74 Å². The first-order valence-corrected chi connectivity index (χ1v) is 8.52. The van der Waals surface area contributed by atoms with Gasteiger partial charge in [0.05, 0.1) is 23.2 Å². The van der Waals surface area contributed by atoms with Gasteiger partial charge in [0, 0.05) is 4.88 Å². The Balaban J connectivity index is 2.42. The molecule has 1 aromatic heterocycles. The highest BCUT2D eigenvalue weighted by atomic mass is 35.5. The molecule has 0 bridgehead atoms. The number of ether oxygens (including phenoxy) is 1. The highest BCUT2D eigenvalue weighted by molar-refractivity contribution is 7.10. The van der Waals surface area contributed by atoms with Gasteiger partial charge in [-0.1, -0.05) is 36.2 Å². The third-order valence-electron chi connectivity index (χ3n) is 3.29. The van der Waals surface area contributed by atoms with E-state index in [1.54, 1.807) is 18.4 Å². The van der Waals surface area contributed by atoms with E-state index in [1.165, 1.54) is 0 Å². The van der Waals surface area contributed by atoms with Gasteiger partial charge in [-0.05, 0) is 48.5 Å². The molecule has 0 fully saturated rings. The van der Waals surface area contributed by atoms with Crippen LogP contribution >= 0.6 is 34.5 Å². The number of rotatable bonds is 6. The molecular formula is C16H19Cl2NOS. The maximum atomic E-state index is 6.45. The minimum absolute atomic E-state index is 0.0577. The summed E-state index contributed by atoms with van der Waals surface area (Å²) in [5.74, 6) is 0.682. The van der Waals surface area contributed by atoms with Crippen LogP contribution in [0.15, 0.2) is 23.6 Å². The Hall–Kier alpha value is -0.740. The first-order valence-electron chi connectivity index (χ1n) is 6.88. The zero-order valence-corrected chi connectivity index (χ0v) is 14.7. The highest BCUT2D eigenvalue weighted by Crippen LogP contribution is 2.37. The average molecular weight is 344 g/mol. The zero-order valence-electron chi connectivity index (χ0n) is 12.4. The Morgan fingerprint density at radius 2 is 2.10 bits per heavy atom. The van der Waals surface area contributed by atoms with Crippen molar-refractivity contribution in [3.8, 4) is 5.75 Å². The van der Waals surface area contributed by atoms with Gasteiger partial charge in [-0.2, -0.15) is 0 Å². The van der Waals surface area contributed by atoms with Crippen molar-refractivity contribution >= 4 is 34.5 Å². The summed E-state index contributed by atoms with van der Waals surface area (Å²) in [6, 6.07) is 5.91. The molecule has 0 saturated carbocycles. The van der Waals surface area contributed by atoms with Crippen molar-refractivity contribution in [1.82, 2.24) is 5.32 Å². The number of thiophene rings is 1. The molecule has 114 valence electrons. The minimum atomic E-state index is 0.0577. The van der Waals surface area contributed by atoms with Gasteiger partial charge in [0.2, 0.25) is 0 Å². The van der Waals surface area contributed by atoms with E-state index in [1.807, 2.05) is 25.1 Å². The van der Waals surface area contributed by atoms with Gasteiger partial charge < -0.3 is 10.1 Å². The topological polar surface area (TPSA) is 21.3 Å². The molecule has 2 rings (SSSR count). The second-order valence-electron chi connectivity index (χ2n) is 4.88. The third kappa shape index (κ3) is 3.72. The second kappa shape index (κ2) is 7.50. The highest BCUT2D eigenvalue weighted by Gasteiger charge is 2.20. The first kappa shape index (κ1) is 16.6. The van der Waals surface area contributed by atoms with Crippen LogP contribution in [0, 0.1) is 6.92 Å². The molecule has 1 aromatic carbocycles. The van der Waals surface area contributed by atoms with E-state index in [-0.39, 0.29) is 6.04 Å². The van der Waals surface area contributed by atoms with Crippen molar-refractivity contribution in [2.75, 3.05) is 13.7 Å². The van der Waals surface area contributed by atoms with Crippen LogP contribution in [0.1, 0.15) is 35.4 Å². The van der Waals surface area contributed by atoms with Crippen molar-refractivity contribution in [3.05, 3.63) is 49.6 Å². The molecule has 0 aliphatic heterocycles. The third-order valence-corrected chi connectivity index (χ3v) is 5.39. The lowest BCUT2D eigenvalue weighted by Gasteiger charge is -2.19. The Labute approximate surface area is 140 Å². The fraction of sp³-hybridized carbons (Fsp3) is 0.375. The molecule has 1 heterocycles. The van der Waals surface area contributed by atoms with Crippen LogP contribution in [0.2, 0.25) is 10.0 Å². The average Bonchev–Trinajstić information content (AvgIpc) is 2.81. The Bertz CT molecular complexity index is 612. The van der Waals surface area contributed by atoms with E-state index in [4.69, 9.17) is 27.9 Å². The van der Waals surface area contributed by atoms with Crippen LogP contribution < -0.4 is 10.1 Å². The summed E-state index contributed by atoms with van der Waals surface area (Å²) >= 11 is 14.2. The van der Waals surface area contributed by atoms with Gasteiger partial charge in [-0.3, -0.25) is 0 Å². The summed E-state index contributed by atoms with van der Waals surface area (Å²) in [4.78, 5) is 1.13. The van der Waals surface area contributed by atoms with Crippen LogP contribution in [0.3, 0.4) is 0 Å². The molecule has 21 heavy (non-hydrogen) atoms. The molecule has 0 radical (unpaired) electrons. The monoisotopic (exact) mass is 343 g/mol. The molecule has 1 unspecified atom stereocenters. The number of hydrogen-bond donors (Lipinski definition) is 1. The van der Waals surface area contributed by atoms with Gasteiger partial charge in [0.15, 0.2) is 0 Å². The minimum Gasteiger partial charge on any atom is -0.495 e. The lowest BCUT2D eigenvalue weighted by Crippen LogP contribution is -2.22. The summed E-state index contributed by atoms with van der Waals surface area (Å²) in [6.45, 7) is 5.10. The molecule has 0 amide bonds. The van der Waals surface area contributed by atoms with E-state index >= 15 is 0 Å². The van der Waals surface area contributed by atoms with Crippen molar-refractivity contribution in [2.45, 2.75) is 26.3 Å². The summed E-state index contributed by atoms with van der Waals surface area (Å²) in [7, 11) is 1.63. The van der Waals surface area contributed by atoms with Crippen LogP contribution in [0.5, 0.6) is 5.75 Å². The van der Waals surface area contributed by atoms with Crippen LogP contribution in [-0.2, 0) is 0 Å². The number of methoxy groups -OCH3 is 1. The predicted octanol–water partition coefficient (Wildman–Crippen LogP) is 5.46. The molecule has 1 N–H and O–H groups in total. The summed E-state index contributed by atoms with van der Waals surface area (Å²) < 4.78 is 5.32. The van der Waals surface area contributed by atoms with Crippen LogP contribution in [0.25, 0.3) is 0 Å². The molecule has 2 nitrogen and oxygen atoms in total. The van der Waals surface area contributed by atoms with Crippen molar-refractivity contribution in [2.24, 2.45) is 0 Å². The fourth-order valence-corrected chi connectivity index (χ4v) is 3.75. The molecule has 0 aliphatic carbocycles. The SMILES string of the molecule is CCCNC(c1ccc(Cl)c(OC)c1)c1scc(C)c1Cl. The number of nitrogens with one attached hydrogen (secondary N) is 1. The smallest absolute Gasteiger partial charge is 0.137 e. The summed E-state index contributed by atoms with van der Waals surface area (Å²) in [6.07, 6.45) is 1.06. The number of benzene rings is 1. The lowest BCUT2D eigenvalue weighted by molar-refractivity contribution is 0.414. The van der Waals surface area contributed by atoms with Crippen LogP contribution in [-0.4, -0.2) is 13.7 Å². The van der Waals surface area contributed by atoms with E-state index in [0.717, 1.165) is 34.0 Å². The molecule has 0 aliphatic rings. The second-order valence-corrected chi connectivity index (χ2v) is 6.57. The van der Waals surface area contributed by atoms with E-state index < -0.39 is 0 Å². The van der Waals surface area contributed by atoms with E-state index in [2.05, 4.69) is 17.6 Å². The molecule has 0 spiro atoms. The standard InChI is InChI=1S/C16H19Cl2NOS/c1-4-7-19-15(16-14(18)10(2)9-21-16)11-5-6-12(17)13(8-11)20-3/h5-6,8-9,15,19H,4,7H2,1-3H3. The largest absolute Gasteiger partial charge is 0.495 e. The Kier molecular flexibility index (Phi) is 5.94. The quantitative estimate of drug-likeness (QED) is 0.751. The van der Waals surface area contributed by atoms with Gasteiger partial charge in [0.1, 0.15) is 5.75 Å². The van der Waals surface area contributed by atoms with Gasteiger partial charge in [-0.15, -0.1) is 11.3 Å². The van der Waals surface area contributed by atoms with Crippen LogP contribution in [0.4, 0.5) is 0 Å². The van der Waals surface area contributed by atoms with E-state index in [9.17, 15) is 0 Å². The van der Waals surface area contributed by atoms with Gasteiger partial charge in [0.25, 0.3) is 0 Å². The fourth-order valence-electron chi connectivity index (χ4n) is 2.15. The summed E-state index contributed by atoms with van der Waals surface area (Å²) in [5.41, 5.74) is 2.22. The Morgan fingerprint density at radius 1 is 1.33 bits per heavy atom. The number of halogens is 2. The maximum absolute atomic E-state index is 6.45. The van der Waals surface area contributed by atoms with Crippen molar-refractivity contribution in [1.29, 1.82) is 0 Å². The molecule has 1 atom stereocenters. The predicted molar refractivity (Wildman–Crippen MR) is 92.2 cm³/mol. The normalized spacial score (nSPS) is 12.4. The zero-order chi connectivity index (χ0) is 15.4. The molecule has 2 aromatic rings. The van der Waals surface area contributed by atoms with Gasteiger partial charge in [-0.25, -0.2) is 0 Å². The molecule has 0 saturated heterocycles. The van der Waals surface area contributed by atoms with Crippen molar-refractivity contribution in [3.63, 3.8) is 0 Å². The summed E-state index contributed by atoms with van der Waals surface area (Å²) in [5, 5.41) is 7.09. The first-order chi connectivity index (χ1) is 10.1. The molecule has 5 heteroatoms. The number of hydrogen-bond acceptors (Lipinski definition) is 3. The number of aryl methyl sites for hydroxylation is 1. The lowest BCUT2D eigenvalue weighted by atomic mass is 10.0. The molecular weight excluding hydrogens is 325 g/mol. The van der Waals surface area contributed by atoms with E-state index in [0.29, 0.717) is 10.8 Å². The maximum Gasteiger partial charge on any atom is 0.137 e. The Morgan fingerprint density at radius 3 is 2.67 bits per heavy atom. The van der Waals surface area contributed by atoms with Gasteiger partial charge >= 0.3 is 0 Å².